The summed E-state index contributed by atoms with van der Waals surface area (Å²) in [5, 5.41) is 0. The van der Waals surface area contributed by atoms with Crippen molar-refractivity contribution in [3.63, 3.8) is 0 Å². The van der Waals surface area contributed by atoms with Gasteiger partial charge in [0.25, 0.3) is 0 Å². The van der Waals surface area contributed by atoms with E-state index in [2.05, 4.69) is 6.55 Å². The van der Waals surface area contributed by atoms with Crippen LogP contribution >= 0.6 is 11.1 Å². The monoisotopic (exact) mass is 162 g/mol. The van der Waals surface area contributed by atoms with Gasteiger partial charge in [0, 0.05) is 8.80 Å². The highest BCUT2D eigenvalue weighted by Gasteiger charge is 2.19. The van der Waals surface area contributed by atoms with E-state index in [1.54, 1.807) is 0 Å². The van der Waals surface area contributed by atoms with Gasteiger partial charge in [0.05, 0.1) is 0 Å². The van der Waals surface area contributed by atoms with Crippen LogP contribution in [0.25, 0.3) is 0 Å². The van der Waals surface area contributed by atoms with Crippen molar-refractivity contribution in [3.05, 3.63) is 0 Å². The maximum absolute atomic E-state index is 6.04. The summed E-state index contributed by atoms with van der Waals surface area (Å²) >= 11 is 6.04. The van der Waals surface area contributed by atoms with Crippen molar-refractivity contribution in [1.82, 2.24) is 0 Å². The molecule has 0 aromatic heterocycles. The van der Waals surface area contributed by atoms with Crippen LogP contribution in [0.2, 0.25) is 24.3 Å². The summed E-state index contributed by atoms with van der Waals surface area (Å²) in [4.78, 5) is 0. The van der Waals surface area contributed by atoms with Crippen LogP contribution in [-0.2, 0) is 0 Å². The molecule has 8 heavy (non-hydrogen) atoms. The molecule has 0 atom stereocenters. The normalized spacial score (nSPS) is 26.2. The van der Waals surface area contributed by atoms with Crippen molar-refractivity contribution in [2.24, 2.45) is 0 Å². The zero-order chi connectivity index (χ0) is 5.98. The molecule has 0 spiro atoms. The molecule has 46 valence electrons. The average Bonchev–Trinajstić information content (AvgIpc) is 1.64. The third kappa shape index (κ3) is 1.92. The minimum atomic E-state index is -0.324. The van der Waals surface area contributed by atoms with Crippen LogP contribution < -0.4 is 0 Å². The second-order valence-electron chi connectivity index (χ2n) is 2.50. The lowest BCUT2D eigenvalue weighted by Crippen LogP contribution is -2.21. The quantitative estimate of drug-likeness (QED) is 0.379. The van der Waals surface area contributed by atoms with Gasteiger partial charge in [-0.2, -0.15) is 11.1 Å². The number of hydrogen-bond donors (Lipinski definition) is 0. The molecule has 1 aliphatic heterocycles. The van der Waals surface area contributed by atoms with E-state index in [0.29, 0.717) is 0 Å². The number of rotatable bonds is 0. The van der Waals surface area contributed by atoms with Crippen molar-refractivity contribution in [2.45, 2.75) is 30.7 Å². The van der Waals surface area contributed by atoms with Gasteiger partial charge in [-0.3, -0.25) is 0 Å². The summed E-state index contributed by atoms with van der Waals surface area (Å²) in [6, 6.07) is 2.89. The Labute approximate surface area is 59.2 Å². The van der Waals surface area contributed by atoms with Crippen LogP contribution in [0.3, 0.4) is 0 Å². The first-order valence-corrected chi connectivity index (χ1v) is 8.44. The fraction of sp³-hybridized carbons (Fsp3) is 1.00. The maximum atomic E-state index is 6.04. The molecule has 0 saturated carbocycles. The number of halogens is 1. The fourth-order valence-electron chi connectivity index (χ4n) is 1.09. The second-order valence-corrected chi connectivity index (χ2v) is 9.47. The molecule has 1 saturated heterocycles. The Hall–Kier alpha value is 0.724. The SMILES string of the molecule is C[Si]1CCC[Si](Cl)C1. The van der Waals surface area contributed by atoms with Crippen molar-refractivity contribution >= 4 is 28.0 Å². The standard InChI is InChI=1S/C5H11ClSi2/c1-7-3-2-4-8(6)5-7/h2-5H2,1H3. The van der Waals surface area contributed by atoms with E-state index in [1.165, 1.54) is 24.2 Å². The highest BCUT2D eigenvalue weighted by Crippen LogP contribution is 2.20. The third-order valence-corrected chi connectivity index (χ3v) is 9.37. The molecule has 0 amide bonds. The van der Waals surface area contributed by atoms with Gasteiger partial charge in [-0.1, -0.05) is 24.7 Å². The molecule has 0 bridgehead atoms. The van der Waals surface area contributed by atoms with Gasteiger partial charge in [-0.15, -0.1) is 0 Å². The largest absolute Gasteiger partial charge is 0.169 e. The van der Waals surface area contributed by atoms with Crippen LogP contribution in [0.1, 0.15) is 6.42 Å². The van der Waals surface area contributed by atoms with Gasteiger partial charge in [0.15, 0.2) is 8.11 Å². The first kappa shape index (κ1) is 6.84. The van der Waals surface area contributed by atoms with E-state index < -0.39 is 0 Å². The van der Waals surface area contributed by atoms with Gasteiger partial charge in [-0.25, -0.2) is 0 Å². The van der Waals surface area contributed by atoms with Crippen molar-refractivity contribution in [1.29, 1.82) is 0 Å². The first-order valence-electron chi connectivity index (χ1n) is 3.10. The summed E-state index contributed by atoms with van der Waals surface area (Å²) in [7, 11) is -0.253. The van der Waals surface area contributed by atoms with Crippen molar-refractivity contribution in [2.75, 3.05) is 0 Å². The molecular weight excluding hydrogens is 152 g/mol. The predicted octanol–water partition coefficient (Wildman–Crippen LogP) is 2.28. The average molecular weight is 163 g/mol. The molecule has 0 nitrogen and oxygen atoms in total. The summed E-state index contributed by atoms with van der Waals surface area (Å²) in [5.74, 6) is 0. The Balaban J connectivity index is 2.23. The minimum Gasteiger partial charge on any atom is -0.169 e. The zero-order valence-corrected chi connectivity index (χ0v) is 7.96. The molecule has 0 N–H and O–H groups in total. The maximum Gasteiger partial charge on any atom is 0.162 e. The molecule has 0 aromatic carbocycles. The first-order chi connectivity index (χ1) is 3.79. The number of hydrogen-bond acceptors (Lipinski definition) is 0. The van der Waals surface area contributed by atoms with E-state index in [-0.39, 0.29) is 16.9 Å². The molecule has 3 heteroatoms. The molecular formula is C5H11ClSi2. The lowest BCUT2D eigenvalue weighted by molar-refractivity contribution is 1.02. The van der Waals surface area contributed by atoms with E-state index in [9.17, 15) is 0 Å². The van der Waals surface area contributed by atoms with E-state index in [4.69, 9.17) is 11.1 Å². The lowest BCUT2D eigenvalue weighted by Gasteiger charge is -2.17. The molecule has 1 fully saturated rings. The molecule has 1 heterocycles. The molecule has 1 aliphatic rings. The van der Waals surface area contributed by atoms with E-state index >= 15 is 0 Å². The summed E-state index contributed by atoms with van der Waals surface area (Å²) in [6.07, 6.45) is 1.43. The smallest absolute Gasteiger partial charge is 0.162 e. The Morgan fingerprint density at radius 1 is 1.38 bits per heavy atom. The molecule has 0 aliphatic carbocycles. The van der Waals surface area contributed by atoms with Crippen molar-refractivity contribution in [3.8, 4) is 0 Å². The summed E-state index contributed by atoms with van der Waals surface area (Å²) < 4.78 is 0. The Morgan fingerprint density at radius 3 is 2.50 bits per heavy atom. The Bertz CT molecular complexity index is 68.8. The Morgan fingerprint density at radius 2 is 2.12 bits per heavy atom. The van der Waals surface area contributed by atoms with Gasteiger partial charge in [-0.05, 0) is 6.04 Å². The molecule has 1 rings (SSSR count). The molecule has 2 radical (unpaired) electrons. The third-order valence-electron chi connectivity index (χ3n) is 1.55. The van der Waals surface area contributed by atoms with E-state index in [0.717, 1.165) is 0 Å². The van der Waals surface area contributed by atoms with Crippen LogP contribution in [0, 0.1) is 0 Å². The molecule has 0 unspecified atom stereocenters. The minimum absolute atomic E-state index is 0.0716. The van der Waals surface area contributed by atoms with Crippen LogP contribution in [-0.4, -0.2) is 16.9 Å². The van der Waals surface area contributed by atoms with Crippen molar-refractivity contribution < 1.29 is 0 Å². The van der Waals surface area contributed by atoms with Crippen LogP contribution in [0.5, 0.6) is 0 Å². The predicted molar refractivity (Wildman–Crippen MR) is 42.3 cm³/mol. The van der Waals surface area contributed by atoms with Gasteiger partial charge in [0.1, 0.15) is 0 Å². The van der Waals surface area contributed by atoms with Gasteiger partial charge >= 0.3 is 0 Å². The van der Waals surface area contributed by atoms with E-state index in [1.807, 2.05) is 0 Å². The second kappa shape index (κ2) is 3.04. The topological polar surface area (TPSA) is 0 Å². The van der Waals surface area contributed by atoms with Crippen LogP contribution in [0.4, 0.5) is 0 Å². The highest BCUT2D eigenvalue weighted by atomic mass is 35.6. The highest BCUT2D eigenvalue weighted by molar-refractivity contribution is 7.11. The van der Waals surface area contributed by atoms with Gasteiger partial charge in [0.2, 0.25) is 0 Å². The summed E-state index contributed by atoms with van der Waals surface area (Å²) in [6.45, 7) is 2.41. The van der Waals surface area contributed by atoms with Gasteiger partial charge < -0.3 is 0 Å². The Kier molecular flexibility index (Phi) is 2.60. The summed E-state index contributed by atoms with van der Waals surface area (Å²) in [5.41, 5.74) is 1.44. The van der Waals surface area contributed by atoms with Crippen LogP contribution in [0.15, 0.2) is 0 Å². The lowest BCUT2D eigenvalue weighted by atomic mass is 10.6. The fourth-order valence-corrected chi connectivity index (χ4v) is 9.27. The molecule has 0 aromatic rings. The zero-order valence-electron chi connectivity index (χ0n) is 5.21.